The van der Waals surface area contributed by atoms with Gasteiger partial charge in [-0.1, -0.05) is 148 Å². The van der Waals surface area contributed by atoms with E-state index >= 15 is 0 Å². The Morgan fingerprint density at radius 2 is 1.06 bits per heavy atom. The molecule has 0 saturated carbocycles. The zero-order valence-electron chi connectivity index (χ0n) is 31.2. The van der Waals surface area contributed by atoms with Crippen molar-refractivity contribution >= 4 is 13.8 Å². The zero-order valence-corrected chi connectivity index (χ0v) is 32.1. The number of hydrogen-bond donors (Lipinski definition) is 2. The third-order valence-electron chi connectivity index (χ3n) is 8.46. The second-order valence-corrected chi connectivity index (χ2v) is 14.7. The van der Waals surface area contributed by atoms with Crippen molar-refractivity contribution in [3.63, 3.8) is 0 Å². The second-order valence-electron chi connectivity index (χ2n) is 13.2. The average molecular weight is 702 g/mol. The molecule has 0 aromatic rings. The molecule has 0 aliphatic carbocycles. The lowest BCUT2D eigenvalue weighted by molar-refractivity contribution is -0.147. The lowest BCUT2D eigenvalue weighted by Crippen LogP contribution is -2.25. The van der Waals surface area contributed by atoms with Crippen molar-refractivity contribution in [2.24, 2.45) is 5.73 Å². The van der Waals surface area contributed by atoms with Crippen molar-refractivity contribution in [1.82, 2.24) is 0 Å². The number of rotatable bonds is 38. The number of carbonyl (C=O) groups is 1. The quantitative estimate of drug-likeness (QED) is 0.0215. The summed E-state index contributed by atoms with van der Waals surface area (Å²) in [6.07, 6.45) is 40.0. The molecule has 3 N–H and O–H groups in total. The molecule has 0 spiro atoms. The largest absolute Gasteiger partial charge is 0.492 e. The molecule has 2 atom stereocenters. The monoisotopic (exact) mass is 702 g/mol. The molecule has 0 aliphatic heterocycles. The molecule has 0 rings (SSSR count). The molecule has 0 aromatic heterocycles. The maximum Gasteiger partial charge on any atom is 0.472 e. The molecule has 9 heteroatoms. The van der Waals surface area contributed by atoms with Crippen molar-refractivity contribution < 1.29 is 32.8 Å². The maximum absolute atomic E-state index is 12.3. The highest BCUT2D eigenvalue weighted by Crippen LogP contribution is 2.43. The van der Waals surface area contributed by atoms with Gasteiger partial charge in [0.05, 0.1) is 19.5 Å². The predicted octanol–water partition coefficient (Wildman–Crippen LogP) is 11.6. The van der Waals surface area contributed by atoms with Gasteiger partial charge in [0, 0.05) is 13.0 Å². The highest BCUT2D eigenvalue weighted by atomic mass is 31.2. The number of allylic oxidation sites excluding steroid dienone is 3. The lowest BCUT2D eigenvalue weighted by atomic mass is 10.0. The van der Waals surface area contributed by atoms with Gasteiger partial charge in [0.1, 0.15) is 6.61 Å². The number of unbranched alkanes of at least 4 members (excludes halogenated alkanes) is 23. The Morgan fingerprint density at radius 3 is 1.54 bits per heavy atom. The van der Waals surface area contributed by atoms with E-state index in [1.54, 1.807) is 6.26 Å². The third kappa shape index (κ3) is 36.1. The van der Waals surface area contributed by atoms with Crippen molar-refractivity contribution in [2.75, 3.05) is 26.4 Å². The number of esters is 1. The van der Waals surface area contributed by atoms with E-state index in [1.807, 2.05) is 6.08 Å². The first-order chi connectivity index (χ1) is 23.4. The topological polar surface area (TPSA) is 117 Å². The van der Waals surface area contributed by atoms with Crippen LogP contribution in [0.25, 0.3) is 0 Å². The predicted molar refractivity (Wildman–Crippen MR) is 201 cm³/mol. The molecule has 0 heterocycles. The number of carbonyl (C=O) groups excluding carboxylic acids is 1. The first-order valence-corrected chi connectivity index (χ1v) is 21.4. The van der Waals surface area contributed by atoms with Crippen LogP contribution in [0.5, 0.6) is 0 Å². The van der Waals surface area contributed by atoms with Gasteiger partial charge in [-0.2, -0.15) is 0 Å². The molecule has 48 heavy (non-hydrogen) atoms. The molecule has 0 radical (unpaired) electrons. The second kappa shape index (κ2) is 37.1. The number of hydrogen-bond acceptors (Lipinski definition) is 7. The fourth-order valence-electron chi connectivity index (χ4n) is 5.45. The van der Waals surface area contributed by atoms with E-state index in [1.165, 1.54) is 122 Å². The summed E-state index contributed by atoms with van der Waals surface area (Å²) in [4.78, 5) is 22.2. The third-order valence-corrected chi connectivity index (χ3v) is 9.44. The van der Waals surface area contributed by atoms with E-state index in [4.69, 9.17) is 24.3 Å². The summed E-state index contributed by atoms with van der Waals surface area (Å²) >= 11 is 0. The van der Waals surface area contributed by atoms with Gasteiger partial charge >= 0.3 is 13.8 Å². The molecule has 284 valence electrons. The standard InChI is InChI=1S/C39H76NO7P/c1-3-5-7-9-11-13-15-17-18-19-21-23-25-27-29-31-34-44-38(37-47-48(42,43)46-35-33-40)36-45-39(41)32-30-28-26-24-22-20-16-14-12-10-8-6-4-2/h17-18,31,34,38H,3-16,19-30,32-33,35-37,40H2,1-2H3,(H,42,43)/t38-/m1/s1. The first kappa shape index (κ1) is 46.8. The Bertz CT molecular complexity index is 792. The summed E-state index contributed by atoms with van der Waals surface area (Å²) in [5.41, 5.74) is 5.35. The first-order valence-electron chi connectivity index (χ1n) is 19.9. The molecular formula is C39H76NO7P. The van der Waals surface area contributed by atoms with E-state index in [0.717, 1.165) is 44.9 Å². The molecule has 0 aromatic carbocycles. The Hall–Kier alpha value is -1.18. The van der Waals surface area contributed by atoms with Crippen LogP contribution in [0.15, 0.2) is 24.5 Å². The highest BCUT2D eigenvalue weighted by molar-refractivity contribution is 7.47. The van der Waals surface area contributed by atoms with Crippen LogP contribution in [0.1, 0.15) is 187 Å². The minimum absolute atomic E-state index is 0.0646. The fourth-order valence-corrected chi connectivity index (χ4v) is 6.21. The van der Waals surface area contributed by atoms with Gasteiger partial charge in [-0.25, -0.2) is 4.57 Å². The van der Waals surface area contributed by atoms with E-state index in [2.05, 4.69) is 26.0 Å². The molecule has 0 aliphatic rings. The molecule has 0 saturated heterocycles. The van der Waals surface area contributed by atoms with Gasteiger partial charge in [0.15, 0.2) is 6.10 Å². The molecule has 0 amide bonds. The minimum Gasteiger partial charge on any atom is -0.492 e. The highest BCUT2D eigenvalue weighted by Gasteiger charge is 2.24. The molecule has 1 unspecified atom stereocenters. The average Bonchev–Trinajstić information content (AvgIpc) is 3.08. The molecule has 8 nitrogen and oxygen atoms in total. The van der Waals surface area contributed by atoms with Crippen LogP contribution in [0, 0.1) is 0 Å². The summed E-state index contributed by atoms with van der Waals surface area (Å²) in [6, 6.07) is 0. The van der Waals surface area contributed by atoms with Crippen LogP contribution in [-0.2, 0) is 27.9 Å². The Morgan fingerprint density at radius 1 is 0.625 bits per heavy atom. The summed E-state index contributed by atoms with van der Waals surface area (Å²) < 4.78 is 33.1. The molecule has 0 bridgehead atoms. The van der Waals surface area contributed by atoms with Crippen molar-refractivity contribution in [3.05, 3.63) is 24.5 Å². The number of nitrogens with two attached hydrogens (primary N) is 1. The van der Waals surface area contributed by atoms with E-state index in [-0.39, 0.29) is 32.3 Å². The van der Waals surface area contributed by atoms with Crippen LogP contribution in [0.4, 0.5) is 0 Å². The Labute approximate surface area is 296 Å². The van der Waals surface area contributed by atoms with Crippen LogP contribution >= 0.6 is 7.82 Å². The van der Waals surface area contributed by atoms with E-state index < -0.39 is 13.9 Å². The molecule has 0 fully saturated rings. The van der Waals surface area contributed by atoms with Crippen LogP contribution in [0.2, 0.25) is 0 Å². The van der Waals surface area contributed by atoms with Gasteiger partial charge in [-0.3, -0.25) is 13.8 Å². The Kier molecular flexibility index (Phi) is 36.2. The van der Waals surface area contributed by atoms with Crippen molar-refractivity contribution in [2.45, 2.75) is 193 Å². The smallest absolute Gasteiger partial charge is 0.472 e. The number of phosphoric acid groups is 1. The van der Waals surface area contributed by atoms with E-state index in [0.29, 0.717) is 6.42 Å². The summed E-state index contributed by atoms with van der Waals surface area (Å²) in [7, 11) is -4.26. The normalized spacial score (nSPS) is 13.8. The van der Waals surface area contributed by atoms with Gasteiger partial charge in [-0.05, 0) is 51.0 Å². The van der Waals surface area contributed by atoms with Crippen molar-refractivity contribution in [1.29, 1.82) is 0 Å². The van der Waals surface area contributed by atoms with Crippen LogP contribution < -0.4 is 5.73 Å². The van der Waals surface area contributed by atoms with Crippen LogP contribution in [-0.4, -0.2) is 43.3 Å². The van der Waals surface area contributed by atoms with E-state index in [9.17, 15) is 14.3 Å². The summed E-state index contributed by atoms with van der Waals surface area (Å²) in [5.74, 6) is -0.292. The Balaban J connectivity index is 4.13. The van der Waals surface area contributed by atoms with Gasteiger partial charge < -0.3 is 20.1 Å². The maximum atomic E-state index is 12.3. The van der Waals surface area contributed by atoms with Crippen LogP contribution in [0.3, 0.4) is 0 Å². The molecular weight excluding hydrogens is 625 g/mol. The zero-order chi connectivity index (χ0) is 35.2. The minimum atomic E-state index is -4.26. The van der Waals surface area contributed by atoms with Gasteiger partial charge in [0.25, 0.3) is 0 Å². The summed E-state index contributed by atoms with van der Waals surface area (Å²) in [5, 5.41) is 0. The summed E-state index contributed by atoms with van der Waals surface area (Å²) in [6.45, 7) is 4.21. The fraction of sp³-hybridized carbons (Fsp3) is 0.872. The van der Waals surface area contributed by atoms with Crippen molar-refractivity contribution in [3.8, 4) is 0 Å². The lowest BCUT2D eigenvalue weighted by Gasteiger charge is -2.19. The number of ether oxygens (including phenoxy) is 2. The van der Waals surface area contributed by atoms with Gasteiger partial charge in [0.2, 0.25) is 0 Å². The van der Waals surface area contributed by atoms with Gasteiger partial charge in [-0.15, -0.1) is 0 Å². The SMILES string of the molecule is CCCCCCCCC=CCCCCCCC=CO[C@H](COC(=O)CCCCCCCCCCCCCCC)COP(=O)(O)OCCN. The number of phosphoric ester groups is 1.